The zero-order valence-corrected chi connectivity index (χ0v) is 11.1. The molecule has 0 aliphatic carbocycles. The third-order valence-electron chi connectivity index (χ3n) is 3.34. The van der Waals surface area contributed by atoms with Gasteiger partial charge < -0.3 is 4.74 Å². The van der Waals surface area contributed by atoms with Crippen LogP contribution in [0.2, 0.25) is 0 Å². The molecule has 1 nitrogen and oxygen atoms in total. The van der Waals surface area contributed by atoms with Gasteiger partial charge in [0.25, 0.3) is 0 Å². The second kappa shape index (κ2) is 5.20. The van der Waals surface area contributed by atoms with Gasteiger partial charge >= 0.3 is 0 Å². The molecule has 1 rings (SSSR count). The van der Waals surface area contributed by atoms with Crippen molar-refractivity contribution in [1.29, 1.82) is 0 Å². The molecule has 1 heteroatoms. The van der Waals surface area contributed by atoms with Gasteiger partial charge in [-0.3, -0.25) is 0 Å². The number of allylic oxidation sites excluding steroid dienone is 1. The SMILES string of the molecule is C=CCC(C)c1c(C)cc(OC)c(C)c1C. The summed E-state index contributed by atoms with van der Waals surface area (Å²) in [6.07, 6.45) is 3.01. The monoisotopic (exact) mass is 218 g/mol. The van der Waals surface area contributed by atoms with E-state index in [1.807, 2.05) is 6.08 Å². The van der Waals surface area contributed by atoms with Gasteiger partial charge in [0, 0.05) is 0 Å². The summed E-state index contributed by atoms with van der Waals surface area (Å²) in [5, 5.41) is 0. The van der Waals surface area contributed by atoms with Gasteiger partial charge in [0.15, 0.2) is 0 Å². The Balaban J connectivity index is 3.29. The highest BCUT2D eigenvalue weighted by Gasteiger charge is 2.14. The van der Waals surface area contributed by atoms with Gasteiger partial charge in [0.2, 0.25) is 0 Å². The largest absolute Gasteiger partial charge is 0.496 e. The Bertz CT molecular complexity index is 391. The van der Waals surface area contributed by atoms with E-state index in [0.29, 0.717) is 5.92 Å². The van der Waals surface area contributed by atoms with Gasteiger partial charge in [0.1, 0.15) is 5.75 Å². The van der Waals surface area contributed by atoms with Gasteiger partial charge in [-0.2, -0.15) is 0 Å². The average molecular weight is 218 g/mol. The molecule has 0 fully saturated rings. The minimum Gasteiger partial charge on any atom is -0.496 e. The van der Waals surface area contributed by atoms with Crippen molar-refractivity contribution in [3.8, 4) is 5.75 Å². The number of hydrogen-bond donors (Lipinski definition) is 0. The second-order valence-corrected chi connectivity index (χ2v) is 4.48. The lowest BCUT2D eigenvalue weighted by Gasteiger charge is -2.20. The summed E-state index contributed by atoms with van der Waals surface area (Å²) in [6.45, 7) is 12.5. The van der Waals surface area contributed by atoms with Gasteiger partial charge in [-0.05, 0) is 61.4 Å². The maximum absolute atomic E-state index is 5.38. The maximum atomic E-state index is 5.38. The van der Waals surface area contributed by atoms with Crippen molar-refractivity contribution in [2.45, 2.75) is 40.0 Å². The Morgan fingerprint density at radius 1 is 1.31 bits per heavy atom. The number of rotatable bonds is 4. The molecule has 0 saturated carbocycles. The van der Waals surface area contributed by atoms with E-state index in [2.05, 4.69) is 40.3 Å². The van der Waals surface area contributed by atoms with E-state index in [9.17, 15) is 0 Å². The molecular weight excluding hydrogens is 196 g/mol. The van der Waals surface area contributed by atoms with Gasteiger partial charge in [-0.1, -0.05) is 13.0 Å². The average Bonchev–Trinajstić information content (AvgIpc) is 2.24. The first-order chi connectivity index (χ1) is 7.52. The highest BCUT2D eigenvalue weighted by molar-refractivity contribution is 5.49. The minimum atomic E-state index is 0.530. The zero-order valence-electron chi connectivity index (χ0n) is 11.1. The molecule has 0 bridgehead atoms. The molecule has 0 amide bonds. The van der Waals surface area contributed by atoms with E-state index >= 15 is 0 Å². The maximum Gasteiger partial charge on any atom is 0.122 e. The molecule has 1 unspecified atom stereocenters. The molecule has 16 heavy (non-hydrogen) atoms. The Morgan fingerprint density at radius 2 is 1.94 bits per heavy atom. The van der Waals surface area contributed by atoms with Crippen LogP contribution in [0, 0.1) is 20.8 Å². The molecule has 1 aromatic carbocycles. The van der Waals surface area contributed by atoms with Crippen LogP contribution in [0.5, 0.6) is 5.75 Å². The second-order valence-electron chi connectivity index (χ2n) is 4.48. The quantitative estimate of drug-likeness (QED) is 0.685. The molecule has 0 saturated heterocycles. The summed E-state index contributed by atoms with van der Waals surface area (Å²) in [4.78, 5) is 0. The summed E-state index contributed by atoms with van der Waals surface area (Å²) in [5.41, 5.74) is 5.36. The van der Waals surface area contributed by atoms with Gasteiger partial charge in [0.05, 0.1) is 7.11 Å². The number of benzene rings is 1. The van der Waals surface area contributed by atoms with E-state index in [-0.39, 0.29) is 0 Å². The molecule has 0 heterocycles. The highest BCUT2D eigenvalue weighted by Crippen LogP contribution is 2.33. The minimum absolute atomic E-state index is 0.530. The fourth-order valence-corrected chi connectivity index (χ4v) is 2.40. The third kappa shape index (κ3) is 2.29. The van der Waals surface area contributed by atoms with Crippen molar-refractivity contribution in [3.63, 3.8) is 0 Å². The lowest BCUT2D eigenvalue weighted by molar-refractivity contribution is 0.410. The molecule has 1 atom stereocenters. The van der Waals surface area contributed by atoms with E-state index < -0.39 is 0 Å². The molecule has 0 radical (unpaired) electrons. The van der Waals surface area contributed by atoms with Crippen molar-refractivity contribution >= 4 is 0 Å². The van der Waals surface area contributed by atoms with Crippen LogP contribution in [0.4, 0.5) is 0 Å². The van der Waals surface area contributed by atoms with Gasteiger partial charge in [-0.15, -0.1) is 6.58 Å². The molecule has 88 valence electrons. The molecular formula is C15H22O. The van der Waals surface area contributed by atoms with Crippen LogP contribution >= 0.6 is 0 Å². The molecule has 0 aliphatic rings. The fourth-order valence-electron chi connectivity index (χ4n) is 2.40. The Hall–Kier alpha value is -1.24. The predicted octanol–water partition coefficient (Wildman–Crippen LogP) is 4.30. The van der Waals surface area contributed by atoms with E-state index in [1.54, 1.807) is 7.11 Å². The summed E-state index contributed by atoms with van der Waals surface area (Å²) in [6, 6.07) is 2.14. The van der Waals surface area contributed by atoms with Crippen molar-refractivity contribution in [2.24, 2.45) is 0 Å². The van der Waals surface area contributed by atoms with Gasteiger partial charge in [-0.25, -0.2) is 0 Å². The van der Waals surface area contributed by atoms with E-state index in [4.69, 9.17) is 4.74 Å². The first-order valence-corrected chi connectivity index (χ1v) is 5.78. The van der Waals surface area contributed by atoms with Crippen molar-refractivity contribution < 1.29 is 4.74 Å². The Morgan fingerprint density at radius 3 is 2.44 bits per heavy atom. The van der Waals surface area contributed by atoms with Crippen molar-refractivity contribution in [3.05, 3.63) is 41.0 Å². The lowest BCUT2D eigenvalue weighted by atomic mass is 9.87. The normalized spacial score (nSPS) is 12.3. The van der Waals surface area contributed by atoms with E-state index in [1.165, 1.54) is 22.3 Å². The van der Waals surface area contributed by atoms with Crippen molar-refractivity contribution in [2.75, 3.05) is 7.11 Å². The van der Waals surface area contributed by atoms with Crippen LogP contribution in [-0.4, -0.2) is 7.11 Å². The summed E-state index contributed by atoms with van der Waals surface area (Å²) < 4.78 is 5.38. The predicted molar refractivity (Wildman–Crippen MR) is 70.4 cm³/mol. The molecule has 0 N–H and O–H groups in total. The number of ether oxygens (including phenoxy) is 1. The van der Waals surface area contributed by atoms with Crippen LogP contribution in [0.1, 0.15) is 41.5 Å². The van der Waals surface area contributed by atoms with Crippen LogP contribution in [-0.2, 0) is 0 Å². The zero-order chi connectivity index (χ0) is 12.3. The molecule has 0 spiro atoms. The van der Waals surface area contributed by atoms with Crippen molar-refractivity contribution in [1.82, 2.24) is 0 Å². The molecule has 0 aliphatic heterocycles. The Labute approximate surface area is 99.1 Å². The van der Waals surface area contributed by atoms with Crippen LogP contribution < -0.4 is 4.74 Å². The van der Waals surface area contributed by atoms with E-state index in [0.717, 1.165) is 12.2 Å². The van der Waals surface area contributed by atoms with Crippen LogP contribution in [0.3, 0.4) is 0 Å². The smallest absolute Gasteiger partial charge is 0.122 e. The third-order valence-corrected chi connectivity index (χ3v) is 3.34. The molecule has 0 aromatic heterocycles. The number of hydrogen-bond acceptors (Lipinski definition) is 1. The number of methoxy groups -OCH3 is 1. The lowest BCUT2D eigenvalue weighted by Crippen LogP contribution is -2.03. The summed E-state index contributed by atoms with van der Waals surface area (Å²) >= 11 is 0. The summed E-state index contributed by atoms with van der Waals surface area (Å²) in [7, 11) is 1.73. The highest BCUT2D eigenvalue weighted by atomic mass is 16.5. The Kier molecular flexibility index (Phi) is 4.17. The standard InChI is InChI=1S/C15H22O/c1-7-8-10(2)15-11(3)9-14(16-6)12(4)13(15)5/h7,9-10H,1,8H2,2-6H3. The molecule has 1 aromatic rings. The first-order valence-electron chi connectivity index (χ1n) is 5.78. The van der Waals surface area contributed by atoms with Crippen LogP contribution in [0.15, 0.2) is 18.7 Å². The fraction of sp³-hybridized carbons (Fsp3) is 0.467. The first kappa shape index (κ1) is 12.8. The topological polar surface area (TPSA) is 9.23 Å². The number of aryl methyl sites for hydroxylation is 1. The summed E-state index contributed by atoms with van der Waals surface area (Å²) in [5.74, 6) is 1.52. The van der Waals surface area contributed by atoms with Crippen LogP contribution in [0.25, 0.3) is 0 Å².